The summed E-state index contributed by atoms with van der Waals surface area (Å²) in [5.41, 5.74) is 15.5. The molecule has 300 valence electrons. The van der Waals surface area contributed by atoms with Gasteiger partial charge in [0.2, 0.25) is 0 Å². The molecule has 11 aromatic carbocycles. The predicted octanol–water partition coefficient (Wildman–Crippen LogP) is 18.2. The van der Waals surface area contributed by atoms with Gasteiger partial charge in [-0.05, 0) is 132 Å². The van der Waals surface area contributed by atoms with Gasteiger partial charge in [0.05, 0.1) is 10.4 Å². The van der Waals surface area contributed by atoms with E-state index in [-0.39, 0.29) is 0 Å². The SMILES string of the molecule is c1ccc(-c2ccc3sc4c(N(c5ccc(-c6cccc(-c7cc8ccccc8c8ccccc78)c6)cc5)c5ccc(-c6ccccc6-c6ccccc6)cc5)cccc4c3c2)cc1. The maximum Gasteiger partial charge on any atom is 0.0640 e. The fourth-order valence-corrected chi connectivity index (χ4v) is 10.7. The molecule has 0 radical (unpaired) electrons. The molecule has 0 aliphatic heterocycles. The van der Waals surface area contributed by atoms with Crippen molar-refractivity contribution in [2.45, 2.75) is 0 Å². The van der Waals surface area contributed by atoms with Gasteiger partial charge in [0.1, 0.15) is 0 Å². The van der Waals surface area contributed by atoms with Crippen molar-refractivity contribution in [3.63, 3.8) is 0 Å². The minimum Gasteiger partial charge on any atom is -0.309 e. The van der Waals surface area contributed by atoms with E-state index in [1.165, 1.54) is 97.4 Å². The summed E-state index contributed by atoms with van der Waals surface area (Å²) in [6, 6.07) is 90.8. The zero-order chi connectivity index (χ0) is 42.4. The molecule has 0 atom stereocenters. The van der Waals surface area contributed by atoms with Crippen molar-refractivity contribution in [1.82, 2.24) is 0 Å². The molecule has 0 aliphatic rings. The molecule has 12 rings (SSSR count). The summed E-state index contributed by atoms with van der Waals surface area (Å²) in [5, 5.41) is 7.64. The third-order valence-corrected chi connectivity index (χ3v) is 13.9. The number of nitrogens with zero attached hydrogens (tertiary/aromatic N) is 1. The smallest absolute Gasteiger partial charge is 0.0640 e. The van der Waals surface area contributed by atoms with E-state index >= 15 is 0 Å². The van der Waals surface area contributed by atoms with Crippen molar-refractivity contribution in [2.24, 2.45) is 0 Å². The van der Waals surface area contributed by atoms with Crippen LogP contribution in [0.1, 0.15) is 0 Å². The molecule has 0 saturated carbocycles. The van der Waals surface area contributed by atoms with Crippen molar-refractivity contribution < 1.29 is 0 Å². The fourth-order valence-electron chi connectivity index (χ4n) is 9.55. The summed E-state index contributed by atoms with van der Waals surface area (Å²) >= 11 is 1.87. The van der Waals surface area contributed by atoms with Crippen LogP contribution in [0.5, 0.6) is 0 Å². The fraction of sp³-hybridized carbons (Fsp3) is 0. The second kappa shape index (κ2) is 16.0. The Hall–Kier alpha value is -8.04. The number of thiophene rings is 1. The average Bonchev–Trinajstić information content (AvgIpc) is 3.76. The molecule has 0 saturated heterocycles. The number of hydrogen-bond acceptors (Lipinski definition) is 2. The number of benzene rings is 11. The molecule has 1 heterocycles. The highest BCUT2D eigenvalue weighted by molar-refractivity contribution is 7.26. The Morgan fingerprint density at radius 3 is 1.50 bits per heavy atom. The zero-order valence-electron chi connectivity index (χ0n) is 35.0. The molecule has 12 aromatic rings. The third-order valence-electron chi connectivity index (χ3n) is 12.7. The average molecular weight is 832 g/mol. The van der Waals surface area contributed by atoms with E-state index in [4.69, 9.17) is 0 Å². The first-order valence-corrected chi connectivity index (χ1v) is 22.7. The molecule has 1 aromatic heterocycles. The van der Waals surface area contributed by atoms with Gasteiger partial charge >= 0.3 is 0 Å². The highest BCUT2D eigenvalue weighted by Gasteiger charge is 2.20. The molecule has 0 amide bonds. The van der Waals surface area contributed by atoms with Crippen LogP contribution < -0.4 is 4.90 Å². The lowest BCUT2D eigenvalue weighted by Gasteiger charge is -2.26. The van der Waals surface area contributed by atoms with Crippen molar-refractivity contribution in [2.75, 3.05) is 4.90 Å². The highest BCUT2D eigenvalue weighted by atomic mass is 32.1. The minimum absolute atomic E-state index is 1.10. The summed E-state index contributed by atoms with van der Waals surface area (Å²) < 4.78 is 2.55. The van der Waals surface area contributed by atoms with Gasteiger partial charge in [-0.3, -0.25) is 0 Å². The van der Waals surface area contributed by atoms with Gasteiger partial charge in [0.15, 0.2) is 0 Å². The Bertz CT molecular complexity index is 3640. The molecule has 0 unspecified atom stereocenters. The highest BCUT2D eigenvalue weighted by Crippen LogP contribution is 2.46. The summed E-state index contributed by atoms with van der Waals surface area (Å²) in [6.45, 7) is 0. The van der Waals surface area contributed by atoms with Crippen LogP contribution in [0.2, 0.25) is 0 Å². The van der Waals surface area contributed by atoms with Gasteiger partial charge in [-0.1, -0.05) is 194 Å². The molecule has 0 fully saturated rings. The second-order valence-corrected chi connectivity index (χ2v) is 17.5. The number of rotatable bonds is 8. The first-order valence-electron chi connectivity index (χ1n) is 21.9. The summed E-state index contributed by atoms with van der Waals surface area (Å²) in [6.07, 6.45) is 0. The van der Waals surface area contributed by atoms with Crippen molar-refractivity contribution in [3.8, 4) is 55.6 Å². The first kappa shape index (κ1) is 37.7. The number of hydrogen-bond donors (Lipinski definition) is 0. The normalized spacial score (nSPS) is 11.4. The molecule has 0 bridgehead atoms. The third kappa shape index (κ3) is 6.73. The molecule has 0 N–H and O–H groups in total. The second-order valence-electron chi connectivity index (χ2n) is 16.4. The van der Waals surface area contributed by atoms with Crippen molar-refractivity contribution >= 4 is 70.1 Å². The van der Waals surface area contributed by atoms with Crippen LogP contribution in [-0.4, -0.2) is 0 Å². The standard InChI is InChI=1S/C62H41NS/c1-3-15-42(16-4-1)47-33-38-61-59(40-47)57-27-14-28-60(62(57)64-61)63(51-36-31-45(32-37-51)53-23-10-9-22-52(53)44-17-5-2-6-18-44)50-34-29-43(30-35-50)46-20-13-21-48(39-46)58-41-49-19-7-8-24-54(49)55-25-11-12-26-56(55)58/h1-41H. The maximum absolute atomic E-state index is 2.43. The van der Waals surface area contributed by atoms with Crippen molar-refractivity contribution in [3.05, 3.63) is 249 Å². The summed E-state index contributed by atoms with van der Waals surface area (Å²) in [7, 11) is 0. The van der Waals surface area contributed by atoms with E-state index in [2.05, 4.69) is 254 Å². The van der Waals surface area contributed by atoms with E-state index in [1.807, 2.05) is 11.3 Å². The van der Waals surface area contributed by atoms with E-state index in [9.17, 15) is 0 Å². The van der Waals surface area contributed by atoms with Crippen LogP contribution in [0.3, 0.4) is 0 Å². The number of anilines is 3. The van der Waals surface area contributed by atoms with Gasteiger partial charge in [0.25, 0.3) is 0 Å². The lowest BCUT2D eigenvalue weighted by atomic mass is 9.92. The molecule has 2 heteroatoms. The Morgan fingerprint density at radius 2 is 0.766 bits per heavy atom. The lowest BCUT2D eigenvalue weighted by Crippen LogP contribution is -2.10. The topological polar surface area (TPSA) is 3.24 Å². The van der Waals surface area contributed by atoms with E-state index in [0.29, 0.717) is 0 Å². The molecule has 1 nitrogen and oxygen atoms in total. The van der Waals surface area contributed by atoms with Crippen molar-refractivity contribution in [1.29, 1.82) is 0 Å². The number of fused-ring (bicyclic) bond motifs is 6. The molecular formula is C62H41NS. The van der Waals surface area contributed by atoms with Crippen LogP contribution in [0.25, 0.3) is 97.4 Å². The minimum atomic E-state index is 1.10. The quantitative estimate of drug-likeness (QED) is 0.138. The van der Waals surface area contributed by atoms with E-state index < -0.39 is 0 Å². The zero-order valence-corrected chi connectivity index (χ0v) is 35.8. The van der Waals surface area contributed by atoms with Crippen LogP contribution in [0.15, 0.2) is 249 Å². The van der Waals surface area contributed by atoms with E-state index in [1.54, 1.807) is 0 Å². The largest absolute Gasteiger partial charge is 0.309 e. The Balaban J connectivity index is 0.968. The molecular weight excluding hydrogens is 791 g/mol. The van der Waals surface area contributed by atoms with Crippen LogP contribution >= 0.6 is 11.3 Å². The monoisotopic (exact) mass is 831 g/mol. The first-order chi connectivity index (χ1) is 31.7. The molecule has 64 heavy (non-hydrogen) atoms. The van der Waals surface area contributed by atoms with E-state index in [0.717, 1.165) is 17.1 Å². The van der Waals surface area contributed by atoms with Gasteiger partial charge in [-0.2, -0.15) is 0 Å². The van der Waals surface area contributed by atoms with Gasteiger partial charge in [-0.25, -0.2) is 0 Å². The van der Waals surface area contributed by atoms with Crippen LogP contribution in [0.4, 0.5) is 17.1 Å². The summed E-state index contributed by atoms with van der Waals surface area (Å²) in [4.78, 5) is 2.43. The Morgan fingerprint density at radius 1 is 0.266 bits per heavy atom. The van der Waals surface area contributed by atoms with Gasteiger partial charge < -0.3 is 4.90 Å². The summed E-state index contributed by atoms with van der Waals surface area (Å²) in [5.74, 6) is 0. The lowest BCUT2D eigenvalue weighted by molar-refractivity contribution is 1.30. The van der Waals surface area contributed by atoms with Gasteiger partial charge in [0, 0.05) is 26.8 Å². The molecule has 0 aliphatic carbocycles. The predicted molar refractivity (Wildman–Crippen MR) is 276 cm³/mol. The van der Waals surface area contributed by atoms with Crippen LogP contribution in [-0.2, 0) is 0 Å². The Labute approximate surface area is 377 Å². The maximum atomic E-state index is 2.43. The molecule has 0 spiro atoms. The Kier molecular flexibility index (Phi) is 9.43. The van der Waals surface area contributed by atoms with Crippen LogP contribution in [0, 0.1) is 0 Å². The van der Waals surface area contributed by atoms with Gasteiger partial charge in [-0.15, -0.1) is 11.3 Å².